The summed E-state index contributed by atoms with van der Waals surface area (Å²) in [4.78, 5) is 38.4. The van der Waals surface area contributed by atoms with Crippen LogP contribution in [0.3, 0.4) is 0 Å². The molecule has 0 aliphatic carbocycles. The number of aliphatic hydroxyl groups excluding tert-OH is 1. The molecule has 0 aromatic heterocycles. The highest BCUT2D eigenvalue weighted by atomic mass is 16.6. The molecule has 1 aliphatic heterocycles. The van der Waals surface area contributed by atoms with Crippen LogP contribution in [0.4, 0.5) is 10.5 Å². The number of hydrogen-bond donors (Lipinski definition) is 2. The van der Waals surface area contributed by atoms with Crippen molar-refractivity contribution in [1.29, 1.82) is 0 Å². The number of ether oxygens (including phenoxy) is 2. The van der Waals surface area contributed by atoms with E-state index in [4.69, 9.17) is 9.47 Å². The molecule has 2 atom stereocenters. The van der Waals surface area contributed by atoms with Gasteiger partial charge in [-0.2, -0.15) is 0 Å². The molecule has 27 heavy (non-hydrogen) atoms. The van der Waals surface area contributed by atoms with Gasteiger partial charge in [-0.05, 0) is 33.8 Å². The lowest BCUT2D eigenvalue weighted by Crippen LogP contribution is -2.50. The van der Waals surface area contributed by atoms with Crippen molar-refractivity contribution in [1.82, 2.24) is 5.32 Å². The molecule has 1 unspecified atom stereocenters. The first-order chi connectivity index (χ1) is 12.6. The maximum atomic E-state index is 13.0. The Balaban J connectivity index is 2.31. The molecule has 1 heterocycles. The Labute approximate surface area is 158 Å². The highest BCUT2D eigenvalue weighted by Crippen LogP contribution is 2.33. The smallest absolute Gasteiger partial charge is 0.408 e. The summed E-state index contributed by atoms with van der Waals surface area (Å²) in [6, 6.07) is 5.72. The van der Waals surface area contributed by atoms with Gasteiger partial charge in [0.25, 0.3) is 0 Å². The maximum Gasteiger partial charge on any atom is 0.408 e. The van der Waals surface area contributed by atoms with Gasteiger partial charge in [-0.1, -0.05) is 18.2 Å². The van der Waals surface area contributed by atoms with Crippen LogP contribution in [0.5, 0.6) is 0 Å². The van der Waals surface area contributed by atoms with E-state index in [9.17, 15) is 19.5 Å². The van der Waals surface area contributed by atoms with Crippen molar-refractivity contribution >= 4 is 23.7 Å². The fraction of sp³-hybridized carbons (Fsp3) is 0.526. The van der Waals surface area contributed by atoms with Crippen LogP contribution in [0.2, 0.25) is 0 Å². The fourth-order valence-electron chi connectivity index (χ4n) is 2.84. The second-order valence-electron chi connectivity index (χ2n) is 7.24. The Hall–Kier alpha value is -2.61. The second kappa shape index (κ2) is 8.39. The fourth-order valence-corrected chi connectivity index (χ4v) is 2.84. The molecule has 0 radical (unpaired) electrons. The van der Waals surface area contributed by atoms with Gasteiger partial charge in [0.15, 0.2) is 0 Å². The minimum Gasteiger partial charge on any atom is -0.465 e. The quantitative estimate of drug-likeness (QED) is 0.776. The molecule has 148 valence electrons. The number of esters is 1. The van der Waals surface area contributed by atoms with E-state index < -0.39 is 35.7 Å². The molecule has 2 N–H and O–H groups in total. The zero-order valence-corrected chi connectivity index (χ0v) is 16.0. The van der Waals surface area contributed by atoms with Crippen LogP contribution in [-0.4, -0.2) is 47.9 Å². The standard InChI is InChI=1S/C19H26N2O6/c1-5-26-16(23)11-21-14-9-7-6-8-12(14)15(22)10-13(17(21)24)20-18(25)27-19(2,3)4/h6-9,13,15,22H,5,10-11H2,1-4H3,(H,20,25)/t13-,15?/m0/s1. The maximum absolute atomic E-state index is 13.0. The molecule has 0 saturated carbocycles. The summed E-state index contributed by atoms with van der Waals surface area (Å²) in [5.41, 5.74) is 0.185. The van der Waals surface area contributed by atoms with E-state index >= 15 is 0 Å². The molecule has 8 heteroatoms. The SMILES string of the molecule is CCOC(=O)CN1C(=O)[C@@H](NC(=O)OC(C)(C)C)CC(O)c2ccccc21. The molecule has 1 aromatic carbocycles. The van der Waals surface area contributed by atoms with E-state index in [2.05, 4.69) is 5.32 Å². The summed E-state index contributed by atoms with van der Waals surface area (Å²) in [6.45, 7) is 6.66. The number of aliphatic hydroxyl groups is 1. The van der Waals surface area contributed by atoms with E-state index in [1.165, 1.54) is 4.90 Å². The third kappa shape index (κ3) is 5.43. The monoisotopic (exact) mass is 378 g/mol. The molecule has 2 amide bonds. The van der Waals surface area contributed by atoms with Crippen molar-refractivity contribution in [3.63, 3.8) is 0 Å². The summed E-state index contributed by atoms with van der Waals surface area (Å²) in [5, 5.41) is 13.0. The van der Waals surface area contributed by atoms with Crippen LogP contribution in [0.15, 0.2) is 24.3 Å². The number of rotatable bonds is 4. The van der Waals surface area contributed by atoms with E-state index in [0.29, 0.717) is 11.3 Å². The number of fused-ring (bicyclic) bond motifs is 1. The van der Waals surface area contributed by atoms with Crippen LogP contribution >= 0.6 is 0 Å². The minimum atomic E-state index is -1.04. The topological polar surface area (TPSA) is 105 Å². The number of carbonyl (C=O) groups is 3. The lowest BCUT2D eigenvalue weighted by atomic mass is 10.0. The normalized spacial score (nSPS) is 19.7. The predicted octanol–water partition coefficient (Wildman–Crippen LogP) is 1.91. The van der Waals surface area contributed by atoms with Gasteiger partial charge in [-0.15, -0.1) is 0 Å². The Kier molecular flexibility index (Phi) is 6.43. The van der Waals surface area contributed by atoms with Crippen LogP contribution in [0, 0.1) is 0 Å². The molecule has 0 spiro atoms. The minimum absolute atomic E-state index is 0.0333. The number of nitrogens with one attached hydrogen (secondary N) is 1. The van der Waals surface area contributed by atoms with Gasteiger partial charge in [0.05, 0.1) is 18.4 Å². The first-order valence-corrected chi connectivity index (χ1v) is 8.86. The van der Waals surface area contributed by atoms with E-state index in [-0.39, 0.29) is 19.6 Å². The highest BCUT2D eigenvalue weighted by Gasteiger charge is 2.37. The van der Waals surface area contributed by atoms with E-state index in [1.54, 1.807) is 52.0 Å². The van der Waals surface area contributed by atoms with Gasteiger partial charge >= 0.3 is 12.1 Å². The number of alkyl carbamates (subject to hydrolysis) is 1. The van der Waals surface area contributed by atoms with Crippen LogP contribution < -0.4 is 10.2 Å². The highest BCUT2D eigenvalue weighted by molar-refractivity contribution is 6.03. The van der Waals surface area contributed by atoms with Gasteiger partial charge in [0.2, 0.25) is 5.91 Å². The molecule has 1 aliphatic rings. The third-order valence-corrected chi connectivity index (χ3v) is 3.89. The van der Waals surface area contributed by atoms with E-state index in [0.717, 1.165) is 0 Å². The van der Waals surface area contributed by atoms with Gasteiger partial charge in [0.1, 0.15) is 18.2 Å². The molecular formula is C19H26N2O6. The van der Waals surface area contributed by atoms with Gasteiger partial charge in [0, 0.05) is 12.0 Å². The van der Waals surface area contributed by atoms with Gasteiger partial charge in [-0.3, -0.25) is 14.5 Å². The number of amides is 2. The van der Waals surface area contributed by atoms with Gasteiger partial charge in [-0.25, -0.2) is 4.79 Å². The number of anilines is 1. The largest absolute Gasteiger partial charge is 0.465 e. The molecule has 0 bridgehead atoms. The first kappa shape index (κ1) is 20.7. The third-order valence-electron chi connectivity index (χ3n) is 3.89. The van der Waals surface area contributed by atoms with Crippen molar-refractivity contribution in [3.05, 3.63) is 29.8 Å². The summed E-state index contributed by atoms with van der Waals surface area (Å²) >= 11 is 0. The Bertz CT molecular complexity index is 712. The number of nitrogens with zero attached hydrogens (tertiary/aromatic N) is 1. The summed E-state index contributed by atoms with van der Waals surface area (Å²) in [6.07, 6.45) is -1.79. The summed E-state index contributed by atoms with van der Waals surface area (Å²) in [5.74, 6) is -1.09. The molecule has 8 nitrogen and oxygen atoms in total. The van der Waals surface area contributed by atoms with Crippen molar-refractivity contribution < 1.29 is 29.0 Å². The van der Waals surface area contributed by atoms with Crippen molar-refractivity contribution in [2.75, 3.05) is 18.1 Å². The van der Waals surface area contributed by atoms with Crippen molar-refractivity contribution in [2.45, 2.75) is 51.9 Å². The number of hydrogen-bond acceptors (Lipinski definition) is 6. The summed E-state index contributed by atoms with van der Waals surface area (Å²) < 4.78 is 10.2. The summed E-state index contributed by atoms with van der Waals surface area (Å²) in [7, 11) is 0. The zero-order valence-electron chi connectivity index (χ0n) is 16.0. The molecule has 1 aromatic rings. The Morgan fingerprint density at radius 1 is 1.30 bits per heavy atom. The number of carbonyl (C=O) groups excluding carboxylic acids is 3. The molecule has 0 saturated heterocycles. The first-order valence-electron chi connectivity index (χ1n) is 8.86. The molecule has 2 rings (SSSR count). The number of benzene rings is 1. The van der Waals surface area contributed by atoms with Crippen molar-refractivity contribution in [3.8, 4) is 0 Å². The lowest BCUT2D eigenvalue weighted by Gasteiger charge is -2.26. The number of para-hydroxylation sites is 1. The predicted molar refractivity (Wildman–Crippen MR) is 98.2 cm³/mol. The lowest BCUT2D eigenvalue weighted by molar-refractivity contribution is -0.142. The Morgan fingerprint density at radius 2 is 1.96 bits per heavy atom. The Morgan fingerprint density at radius 3 is 2.59 bits per heavy atom. The van der Waals surface area contributed by atoms with Crippen LogP contribution in [0.1, 0.15) is 45.8 Å². The average Bonchev–Trinajstić information content (AvgIpc) is 2.65. The van der Waals surface area contributed by atoms with E-state index in [1.807, 2.05) is 0 Å². The molecule has 0 fully saturated rings. The van der Waals surface area contributed by atoms with Crippen molar-refractivity contribution in [2.24, 2.45) is 0 Å². The second-order valence-corrected chi connectivity index (χ2v) is 7.24. The zero-order chi connectivity index (χ0) is 20.2. The van der Waals surface area contributed by atoms with Gasteiger partial charge < -0.3 is 19.9 Å². The molecular weight excluding hydrogens is 352 g/mol. The van der Waals surface area contributed by atoms with Crippen LogP contribution in [0.25, 0.3) is 0 Å². The van der Waals surface area contributed by atoms with Crippen LogP contribution in [-0.2, 0) is 19.1 Å². The average molecular weight is 378 g/mol.